The molecule has 0 fully saturated rings. The maximum Gasteiger partial charge on any atom is 0.315 e. The van der Waals surface area contributed by atoms with Crippen LogP contribution in [0.3, 0.4) is 0 Å². The van der Waals surface area contributed by atoms with Crippen LogP contribution in [0.1, 0.15) is 64.5 Å². The van der Waals surface area contributed by atoms with Gasteiger partial charge in [0.25, 0.3) is 0 Å². The molecule has 1 unspecified atom stereocenters. The van der Waals surface area contributed by atoms with Crippen molar-refractivity contribution in [3.8, 4) is 0 Å². The number of unbranched alkanes of at least 4 members (excludes halogenated alkanes) is 3. The summed E-state index contributed by atoms with van der Waals surface area (Å²) in [5.74, 6) is -0.656. The number of nitrogens with zero attached hydrogens (tertiary/aromatic N) is 1. The number of halogens is 1. The average Bonchev–Trinajstić information content (AvgIpc) is 2.40. The Morgan fingerprint density at radius 1 is 1.27 bits per heavy atom. The summed E-state index contributed by atoms with van der Waals surface area (Å²) >= 11 is 5.94. The molecule has 1 aromatic heterocycles. The number of rotatable bonds is 8. The summed E-state index contributed by atoms with van der Waals surface area (Å²) in [4.78, 5) is 16.7. The second-order valence-corrected chi connectivity index (χ2v) is 6.78. The minimum atomic E-state index is -0.523. The molecule has 1 N–H and O–H groups in total. The van der Waals surface area contributed by atoms with Crippen LogP contribution in [0, 0.1) is 0 Å². The minimum absolute atomic E-state index is 0.214. The van der Waals surface area contributed by atoms with Crippen LogP contribution < -0.4 is 0 Å². The topological polar surface area (TPSA) is 59.4 Å². The van der Waals surface area contributed by atoms with E-state index in [2.05, 4.69) is 4.98 Å². The van der Waals surface area contributed by atoms with Crippen LogP contribution >= 0.6 is 11.6 Å². The SMILES string of the molecule is CC(C)(C)OC(=O)C(CCCCCCO)c1cccc(Cl)n1. The van der Waals surface area contributed by atoms with E-state index in [0.29, 0.717) is 17.3 Å². The van der Waals surface area contributed by atoms with Gasteiger partial charge >= 0.3 is 5.97 Å². The van der Waals surface area contributed by atoms with E-state index in [9.17, 15) is 4.79 Å². The monoisotopic (exact) mass is 327 g/mol. The van der Waals surface area contributed by atoms with E-state index >= 15 is 0 Å². The smallest absolute Gasteiger partial charge is 0.315 e. The van der Waals surface area contributed by atoms with Crippen LogP contribution in [0.2, 0.25) is 5.15 Å². The van der Waals surface area contributed by atoms with Crippen molar-refractivity contribution in [1.82, 2.24) is 4.98 Å². The predicted molar refractivity (Wildman–Crippen MR) is 88.0 cm³/mol. The van der Waals surface area contributed by atoms with E-state index in [0.717, 1.165) is 25.7 Å². The van der Waals surface area contributed by atoms with Crippen LogP contribution in [-0.4, -0.2) is 28.3 Å². The number of carbonyl (C=O) groups is 1. The molecule has 22 heavy (non-hydrogen) atoms. The van der Waals surface area contributed by atoms with Gasteiger partial charge in [-0.2, -0.15) is 0 Å². The first-order chi connectivity index (χ1) is 10.3. The summed E-state index contributed by atoms with van der Waals surface area (Å²) in [6.07, 6.45) is 4.29. The molecule has 0 aliphatic rings. The molecule has 0 radical (unpaired) electrons. The Balaban J connectivity index is 2.74. The van der Waals surface area contributed by atoms with Gasteiger partial charge in [-0.05, 0) is 45.7 Å². The van der Waals surface area contributed by atoms with Crippen LogP contribution in [0.25, 0.3) is 0 Å². The Kier molecular flexibility index (Phi) is 7.83. The normalized spacial score (nSPS) is 13.0. The molecular formula is C17H26ClNO3. The third-order valence-electron chi connectivity index (χ3n) is 3.19. The summed E-state index contributed by atoms with van der Waals surface area (Å²) in [6.45, 7) is 5.78. The lowest BCUT2D eigenvalue weighted by atomic mass is 9.96. The molecule has 4 nitrogen and oxygen atoms in total. The Hall–Kier alpha value is -1.13. The zero-order chi connectivity index (χ0) is 16.6. The summed E-state index contributed by atoms with van der Waals surface area (Å²) in [7, 11) is 0. The van der Waals surface area contributed by atoms with E-state index in [1.54, 1.807) is 12.1 Å². The Bertz CT molecular complexity index is 471. The highest BCUT2D eigenvalue weighted by Gasteiger charge is 2.27. The number of aromatic nitrogens is 1. The highest BCUT2D eigenvalue weighted by atomic mass is 35.5. The van der Waals surface area contributed by atoms with Crippen LogP contribution in [0.15, 0.2) is 18.2 Å². The van der Waals surface area contributed by atoms with Crippen molar-refractivity contribution in [3.05, 3.63) is 29.0 Å². The molecule has 124 valence electrons. The second kappa shape index (κ2) is 9.11. The van der Waals surface area contributed by atoms with E-state index in [4.69, 9.17) is 21.4 Å². The predicted octanol–water partition coefficient (Wildman–Crippen LogP) is 4.10. The number of aliphatic hydroxyl groups excluding tert-OH is 1. The van der Waals surface area contributed by atoms with Gasteiger partial charge in [0.2, 0.25) is 0 Å². The maximum absolute atomic E-state index is 12.4. The molecular weight excluding hydrogens is 302 g/mol. The van der Waals surface area contributed by atoms with Gasteiger partial charge in [0, 0.05) is 6.61 Å². The molecule has 0 bridgehead atoms. The van der Waals surface area contributed by atoms with Crippen molar-refractivity contribution in [2.24, 2.45) is 0 Å². The third kappa shape index (κ3) is 7.23. The first kappa shape index (κ1) is 18.9. The Morgan fingerprint density at radius 3 is 2.55 bits per heavy atom. The van der Waals surface area contributed by atoms with Gasteiger partial charge in [0.1, 0.15) is 10.8 Å². The van der Waals surface area contributed by atoms with Crippen molar-refractivity contribution in [3.63, 3.8) is 0 Å². The van der Waals surface area contributed by atoms with Crippen molar-refractivity contribution in [2.45, 2.75) is 64.4 Å². The summed E-state index contributed by atoms with van der Waals surface area (Å²) in [6, 6.07) is 5.31. The molecule has 0 saturated carbocycles. The zero-order valence-corrected chi connectivity index (χ0v) is 14.4. The van der Waals surface area contributed by atoms with Crippen molar-refractivity contribution in [1.29, 1.82) is 0 Å². The standard InChI is InChI=1S/C17H26ClNO3/c1-17(2,3)22-16(21)13(9-6-4-5-7-12-20)14-10-8-11-15(18)19-14/h8,10-11,13,20H,4-7,9,12H2,1-3H3. The molecule has 1 rings (SSSR count). The molecule has 0 spiro atoms. The lowest BCUT2D eigenvalue weighted by Gasteiger charge is -2.24. The van der Waals surface area contributed by atoms with E-state index in [1.807, 2.05) is 26.8 Å². The molecule has 1 atom stereocenters. The molecule has 5 heteroatoms. The van der Waals surface area contributed by atoms with Gasteiger partial charge in [-0.15, -0.1) is 0 Å². The largest absolute Gasteiger partial charge is 0.459 e. The lowest BCUT2D eigenvalue weighted by Crippen LogP contribution is -2.28. The third-order valence-corrected chi connectivity index (χ3v) is 3.40. The van der Waals surface area contributed by atoms with Crippen molar-refractivity contribution < 1.29 is 14.6 Å². The number of ether oxygens (including phenoxy) is 1. The van der Waals surface area contributed by atoms with Crippen LogP contribution in [0.4, 0.5) is 0 Å². The van der Waals surface area contributed by atoms with Crippen molar-refractivity contribution in [2.75, 3.05) is 6.61 Å². The highest BCUT2D eigenvalue weighted by molar-refractivity contribution is 6.29. The number of aliphatic hydroxyl groups is 1. The molecule has 0 aromatic carbocycles. The maximum atomic E-state index is 12.4. The van der Waals surface area contributed by atoms with E-state index in [1.165, 1.54) is 0 Å². The second-order valence-electron chi connectivity index (χ2n) is 6.40. The molecule has 0 amide bonds. The number of hydrogen-bond donors (Lipinski definition) is 1. The number of hydrogen-bond acceptors (Lipinski definition) is 4. The Morgan fingerprint density at radius 2 is 1.95 bits per heavy atom. The first-order valence-electron chi connectivity index (χ1n) is 7.79. The quantitative estimate of drug-likeness (QED) is 0.443. The van der Waals surface area contributed by atoms with Crippen molar-refractivity contribution >= 4 is 17.6 Å². The van der Waals surface area contributed by atoms with E-state index in [-0.39, 0.29) is 12.6 Å². The van der Waals surface area contributed by atoms with E-state index < -0.39 is 11.5 Å². The minimum Gasteiger partial charge on any atom is -0.459 e. The molecule has 0 aliphatic carbocycles. The molecule has 1 heterocycles. The summed E-state index contributed by atoms with van der Waals surface area (Å²) < 4.78 is 5.51. The van der Waals surface area contributed by atoms with Gasteiger partial charge in [-0.25, -0.2) is 4.98 Å². The van der Waals surface area contributed by atoms with Gasteiger partial charge < -0.3 is 9.84 Å². The average molecular weight is 328 g/mol. The van der Waals surface area contributed by atoms with Gasteiger partial charge in [-0.3, -0.25) is 4.79 Å². The number of carbonyl (C=O) groups excluding carboxylic acids is 1. The zero-order valence-electron chi connectivity index (χ0n) is 13.6. The fourth-order valence-electron chi connectivity index (χ4n) is 2.19. The lowest BCUT2D eigenvalue weighted by molar-refractivity contribution is -0.157. The fourth-order valence-corrected chi connectivity index (χ4v) is 2.36. The van der Waals surface area contributed by atoms with Gasteiger partial charge in [0.05, 0.1) is 11.6 Å². The molecule has 1 aromatic rings. The first-order valence-corrected chi connectivity index (χ1v) is 8.17. The van der Waals surface area contributed by atoms with Crippen LogP contribution in [-0.2, 0) is 9.53 Å². The molecule has 0 aliphatic heterocycles. The fraction of sp³-hybridized carbons (Fsp3) is 0.647. The highest BCUT2D eigenvalue weighted by Crippen LogP contribution is 2.26. The van der Waals surface area contributed by atoms with Gasteiger partial charge in [-0.1, -0.05) is 36.9 Å². The van der Waals surface area contributed by atoms with Crippen LogP contribution in [0.5, 0.6) is 0 Å². The Labute approximate surface area is 137 Å². The summed E-state index contributed by atoms with van der Waals surface area (Å²) in [5.41, 5.74) is 0.133. The number of pyridine rings is 1. The number of esters is 1. The molecule has 0 saturated heterocycles. The van der Waals surface area contributed by atoms with Gasteiger partial charge in [0.15, 0.2) is 0 Å². The summed E-state index contributed by atoms with van der Waals surface area (Å²) in [5, 5.41) is 9.18.